The third kappa shape index (κ3) is 7.25. The number of amides is 1. The van der Waals surface area contributed by atoms with Crippen molar-refractivity contribution < 1.29 is 14.3 Å². The smallest absolute Gasteiger partial charge is 0.307 e. The highest BCUT2D eigenvalue weighted by atomic mass is 16.5. The quantitative estimate of drug-likeness (QED) is 0.410. The van der Waals surface area contributed by atoms with Gasteiger partial charge in [-0.25, -0.2) is 0 Å². The van der Waals surface area contributed by atoms with Gasteiger partial charge < -0.3 is 14.5 Å². The molecule has 128 valence electrons. The third-order valence-corrected chi connectivity index (χ3v) is 4.18. The van der Waals surface area contributed by atoms with Crippen molar-refractivity contribution in [2.24, 2.45) is 5.92 Å². The molecule has 0 aliphatic heterocycles. The Bertz CT molecular complexity index is 339. The number of carbonyl (C=O) groups excluding carboxylic acids is 2. The largest absolute Gasteiger partial charge is 0.466 e. The number of hydrogen-bond donors (Lipinski definition) is 0. The van der Waals surface area contributed by atoms with Crippen molar-refractivity contribution in [3.05, 3.63) is 0 Å². The van der Waals surface area contributed by atoms with Crippen LogP contribution in [-0.2, 0) is 14.3 Å². The second-order valence-corrected chi connectivity index (χ2v) is 5.89. The van der Waals surface area contributed by atoms with E-state index >= 15 is 0 Å². The second kappa shape index (κ2) is 10.6. The van der Waals surface area contributed by atoms with Crippen molar-refractivity contribution >= 4 is 11.9 Å². The maximum Gasteiger partial charge on any atom is 0.307 e. The predicted octanol–water partition coefficient (Wildman–Crippen LogP) is 2.30. The highest BCUT2D eigenvalue weighted by Crippen LogP contribution is 2.31. The molecule has 1 rings (SSSR count). The van der Waals surface area contributed by atoms with E-state index in [0.717, 1.165) is 51.9 Å². The molecule has 0 aromatic rings. The summed E-state index contributed by atoms with van der Waals surface area (Å²) < 4.78 is 4.95. The van der Waals surface area contributed by atoms with Gasteiger partial charge in [0.2, 0.25) is 5.91 Å². The average molecular weight is 312 g/mol. The standard InChI is InChI=1S/C17H32N2O3/c1-4-18(5-2)12-7-8-13-19(17(21)15-9-10-15)14-11-16(20)22-6-3/h15H,4-14H2,1-3H3. The van der Waals surface area contributed by atoms with Crippen molar-refractivity contribution in [2.75, 3.05) is 39.3 Å². The van der Waals surface area contributed by atoms with Gasteiger partial charge >= 0.3 is 5.97 Å². The molecule has 1 fully saturated rings. The van der Waals surface area contributed by atoms with Gasteiger partial charge in [0, 0.05) is 19.0 Å². The highest BCUT2D eigenvalue weighted by molar-refractivity contribution is 5.81. The molecular weight excluding hydrogens is 280 g/mol. The van der Waals surface area contributed by atoms with Crippen molar-refractivity contribution in [1.82, 2.24) is 9.80 Å². The van der Waals surface area contributed by atoms with Crippen LogP contribution < -0.4 is 0 Å². The zero-order valence-corrected chi connectivity index (χ0v) is 14.5. The maximum absolute atomic E-state index is 12.3. The number of rotatable bonds is 12. The molecule has 1 aliphatic carbocycles. The second-order valence-electron chi connectivity index (χ2n) is 5.89. The molecular formula is C17H32N2O3. The molecule has 5 heteroatoms. The zero-order chi connectivity index (χ0) is 16.4. The lowest BCUT2D eigenvalue weighted by Crippen LogP contribution is -2.35. The summed E-state index contributed by atoms with van der Waals surface area (Å²) in [7, 11) is 0. The first-order valence-electron chi connectivity index (χ1n) is 8.79. The Morgan fingerprint density at radius 1 is 1.00 bits per heavy atom. The molecule has 5 nitrogen and oxygen atoms in total. The molecule has 0 atom stereocenters. The fourth-order valence-corrected chi connectivity index (χ4v) is 2.56. The SMILES string of the molecule is CCOC(=O)CCN(CCCCN(CC)CC)C(=O)C1CC1. The van der Waals surface area contributed by atoms with Crippen molar-refractivity contribution in [1.29, 1.82) is 0 Å². The summed E-state index contributed by atoms with van der Waals surface area (Å²) in [6, 6.07) is 0. The Kier molecular flexibility index (Phi) is 9.13. The van der Waals surface area contributed by atoms with Gasteiger partial charge in [-0.05, 0) is 52.2 Å². The molecule has 0 aromatic carbocycles. The Labute approximate surface area is 135 Å². The molecule has 0 aromatic heterocycles. The summed E-state index contributed by atoms with van der Waals surface area (Å²) >= 11 is 0. The van der Waals surface area contributed by atoms with Gasteiger partial charge in [0.1, 0.15) is 0 Å². The number of carbonyl (C=O) groups is 2. The van der Waals surface area contributed by atoms with E-state index in [4.69, 9.17) is 4.74 Å². The van der Waals surface area contributed by atoms with Crippen LogP contribution in [0.3, 0.4) is 0 Å². The normalized spacial score (nSPS) is 14.2. The van der Waals surface area contributed by atoms with Crippen LogP contribution in [0, 0.1) is 5.92 Å². The van der Waals surface area contributed by atoms with Crippen LogP contribution in [0.15, 0.2) is 0 Å². The van der Waals surface area contributed by atoms with E-state index < -0.39 is 0 Å². The van der Waals surface area contributed by atoms with E-state index in [1.54, 1.807) is 6.92 Å². The zero-order valence-electron chi connectivity index (χ0n) is 14.5. The molecule has 22 heavy (non-hydrogen) atoms. The lowest BCUT2D eigenvalue weighted by molar-refractivity contribution is -0.144. The van der Waals surface area contributed by atoms with Gasteiger partial charge in [-0.15, -0.1) is 0 Å². The number of esters is 1. The number of unbranched alkanes of at least 4 members (excludes halogenated alkanes) is 1. The minimum Gasteiger partial charge on any atom is -0.466 e. The van der Waals surface area contributed by atoms with Gasteiger partial charge in [-0.2, -0.15) is 0 Å². The lowest BCUT2D eigenvalue weighted by atomic mass is 10.2. The fourth-order valence-electron chi connectivity index (χ4n) is 2.56. The maximum atomic E-state index is 12.3. The fraction of sp³-hybridized carbons (Fsp3) is 0.882. The van der Waals surface area contributed by atoms with Gasteiger partial charge in [-0.1, -0.05) is 13.8 Å². The van der Waals surface area contributed by atoms with Gasteiger partial charge in [0.05, 0.1) is 13.0 Å². The molecule has 0 spiro atoms. The van der Waals surface area contributed by atoms with Crippen LogP contribution in [0.1, 0.15) is 52.9 Å². The van der Waals surface area contributed by atoms with E-state index in [0.29, 0.717) is 19.6 Å². The summed E-state index contributed by atoms with van der Waals surface area (Å²) in [5.41, 5.74) is 0. The first-order chi connectivity index (χ1) is 10.6. The van der Waals surface area contributed by atoms with E-state index in [9.17, 15) is 9.59 Å². The van der Waals surface area contributed by atoms with Crippen LogP contribution in [0.25, 0.3) is 0 Å². The van der Waals surface area contributed by atoms with Crippen LogP contribution in [0.4, 0.5) is 0 Å². The first-order valence-corrected chi connectivity index (χ1v) is 8.79. The highest BCUT2D eigenvalue weighted by Gasteiger charge is 2.33. The summed E-state index contributed by atoms with van der Waals surface area (Å²) in [5, 5.41) is 0. The molecule has 0 unspecified atom stereocenters. The Morgan fingerprint density at radius 3 is 2.18 bits per heavy atom. The molecule has 1 amide bonds. The summed E-state index contributed by atoms with van der Waals surface area (Å²) in [6.07, 6.45) is 4.41. The number of nitrogens with zero attached hydrogens (tertiary/aromatic N) is 2. The summed E-state index contributed by atoms with van der Waals surface area (Å²) in [4.78, 5) is 28.0. The van der Waals surface area contributed by atoms with Gasteiger partial charge in [0.15, 0.2) is 0 Å². The Hall–Kier alpha value is -1.10. The first kappa shape index (κ1) is 18.9. The number of hydrogen-bond acceptors (Lipinski definition) is 4. The Morgan fingerprint density at radius 2 is 1.64 bits per heavy atom. The molecule has 0 N–H and O–H groups in total. The summed E-state index contributed by atoms with van der Waals surface area (Å²) in [6.45, 7) is 11.0. The Balaban J connectivity index is 2.31. The minimum atomic E-state index is -0.209. The van der Waals surface area contributed by atoms with Crippen LogP contribution in [-0.4, -0.2) is 61.0 Å². The van der Waals surface area contributed by atoms with Crippen molar-refractivity contribution in [3.8, 4) is 0 Å². The summed E-state index contributed by atoms with van der Waals surface area (Å²) in [5.74, 6) is 0.233. The molecule has 1 saturated carbocycles. The monoisotopic (exact) mass is 312 g/mol. The molecule has 0 radical (unpaired) electrons. The molecule has 0 bridgehead atoms. The van der Waals surface area contributed by atoms with Gasteiger partial charge in [-0.3, -0.25) is 9.59 Å². The minimum absolute atomic E-state index is 0.209. The predicted molar refractivity (Wildman–Crippen MR) is 87.6 cm³/mol. The molecule has 0 heterocycles. The van der Waals surface area contributed by atoms with Crippen molar-refractivity contribution in [3.63, 3.8) is 0 Å². The molecule has 0 saturated heterocycles. The topological polar surface area (TPSA) is 49.9 Å². The molecule has 1 aliphatic rings. The van der Waals surface area contributed by atoms with E-state index in [1.165, 1.54) is 0 Å². The van der Waals surface area contributed by atoms with Crippen LogP contribution in [0.5, 0.6) is 0 Å². The van der Waals surface area contributed by atoms with Crippen molar-refractivity contribution in [2.45, 2.75) is 52.9 Å². The average Bonchev–Trinajstić information content (AvgIpc) is 3.34. The van der Waals surface area contributed by atoms with Gasteiger partial charge in [0.25, 0.3) is 0 Å². The van der Waals surface area contributed by atoms with Crippen LogP contribution >= 0.6 is 0 Å². The van der Waals surface area contributed by atoms with E-state index in [-0.39, 0.29) is 17.8 Å². The van der Waals surface area contributed by atoms with E-state index in [2.05, 4.69) is 18.7 Å². The lowest BCUT2D eigenvalue weighted by Gasteiger charge is -2.23. The van der Waals surface area contributed by atoms with E-state index in [1.807, 2.05) is 4.90 Å². The van der Waals surface area contributed by atoms with Crippen LogP contribution in [0.2, 0.25) is 0 Å². The number of ether oxygens (including phenoxy) is 1. The third-order valence-electron chi connectivity index (χ3n) is 4.18.